The third kappa shape index (κ3) is 23.4. The molecule has 0 aliphatic carbocycles. The summed E-state index contributed by atoms with van der Waals surface area (Å²) < 4.78 is 5.29. The van der Waals surface area contributed by atoms with Gasteiger partial charge in [-0.25, -0.2) is 4.79 Å². The van der Waals surface area contributed by atoms with E-state index in [1.807, 2.05) is 20.8 Å². The number of rotatable bonds is 20. The highest BCUT2D eigenvalue weighted by Crippen LogP contribution is 2.15. The Morgan fingerprint density at radius 3 is 1.87 bits per heavy atom. The summed E-state index contributed by atoms with van der Waals surface area (Å²) in [6, 6.07) is -0.192. The maximum Gasteiger partial charge on any atom is 0.407 e. The summed E-state index contributed by atoms with van der Waals surface area (Å²) in [6.07, 6.45) is 18.7. The number of nitrogens with zero attached hydrogens (tertiary/aromatic N) is 3. The molecule has 6 nitrogen and oxygen atoms in total. The molecule has 0 aliphatic heterocycles. The molecule has 0 saturated heterocycles. The zero-order valence-electron chi connectivity index (χ0n) is 20.7. The van der Waals surface area contributed by atoms with Crippen molar-refractivity contribution < 1.29 is 9.53 Å². The van der Waals surface area contributed by atoms with Gasteiger partial charge in [0, 0.05) is 23.3 Å². The van der Waals surface area contributed by atoms with E-state index in [1.165, 1.54) is 89.9 Å². The first kappa shape index (κ1) is 29.9. The summed E-state index contributed by atoms with van der Waals surface area (Å²) >= 11 is 1.80. The van der Waals surface area contributed by atoms with Crippen LogP contribution in [0.3, 0.4) is 0 Å². The second kappa shape index (κ2) is 20.8. The van der Waals surface area contributed by atoms with Gasteiger partial charge in [-0.2, -0.15) is 11.8 Å². The van der Waals surface area contributed by atoms with Crippen molar-refractivity contribution in [3.63, 3.8) is 0 Å². The van der Waals surface area contributed by atoms with Gasteiger partial charge >= 0.3 is 6.09 Å². The van der Waals surface area contributed by atoms with Gasteiger partial charge in [0.05, 0.1) is 0 Å². The average molecular weight is 457 g/mol. The first-order valence-electron chi connectivity index (χ1n) is 12.5. The van der Waals surface area contributed by atoms with E-state index in [2.05, 4.69) is 22.3 Å². The Bertz CT molecular complexity index is 477. The fourth-order valence-electron chi connectivity index (χ4n) is 3.37. The van der Waals surface area contributed by atoms with Crippen molar-refractivity contribution in [2.75, 3.05) is 18.1 Å². The standard InChI is InChI=1S/C24H48N4O2S/c1-5-6-7-8-9-10-11-12-13-14-15-16-17-18-19-31-21-22(20-26-28-25)27-23(29)30-24(2,3)4/h22H,5-21H2,1-4H3,(H,27,29). The molecular formula is C24H48N4O2S. The van der Waals surface area contributed by atoms with Gasteiger partial charge in [0.15, 0.2) is 0 Å². The van der Waals surface area contributed by atoms with Crippen molar-refractivity contribution in [3.8, 4) is 0 Å². The largest absolute Gasteiger partial charge is 0.444 e. The molecule has 1 atom stereocenters. The number of hydrogen-bond acceptors (Lipinski definition) is 4. The molecule has 1 amide bonds. The smallest absolute Gasteiger partial charge is 0.407 e. The molecule has 31 heavy (non-hydrogen) atoms. The number of ether oxygens (including phenoxy) is 1. The van der Waals surface area contributed by atoms with Crippen molar-refractivity contribution in [1.29, 1.82) is 0 Å². The second-order valence-electron chi connectivity index (χ2n) is 9.43. The lowest BCUT2D eigenvalue weighted by atomic mass is 10.0. The van der Waals surface area contributed by atoms with Crippen LogP contribution in [-0.2, 0) is 4.74 Å². The Balaban J connectivity index is 3.60. The van der Waals surface area contributed by atoms with E-state index < -0.39 is 11.7 Å². The van der Waals surface area contributed by atoms with Gasteiger partial charge in [-0.05, 0) is 38.5 Å². The molecule has 182 valence electrons. The first-order chi connectivity index (χ1) is 14.9. The van der Waals surface area contributed by atoms with Gasteiger partial charge in [-0.1, -0.05) is 95.5 Å². The minimum absolute atomic E-state index is 0.192. The predicted octanol–water partition coefficient (Wildman–Crippen LogP) is 8.40. The van der Waals surface area contributed by atoms with Crippen LogP contribution in [0.4, 0.5) is 4.79 Å². The van der Waals surface area contributed by atoms with Crippen LogP contribution in [0, 0.1) is 0 Å². The monoisotopic (exact) mass is 456 g/mol. The number of unbranched alkanes of at least 4 members (excludes halogenated alkanes) is 13. The van der Waals surface area contributed by atoms with Crippen LogP contribution < -0.4 is 5.32 Å². The van der Waals surface area contributed by atoms with E-state index >= 15 is 0 Å². The molecule has 0 aromatic rings. The minimum atomic E-state index is -0.533. The quantitative estimate of drug-likeness (QED) is 0.0863. The van der Waals surface area contributed by atoms with Gasteiger partial charge in [-0.15, -0.1) is 0 Å². The Hall–Kier alpha value is -1.07. The lowest BCUT2D eigenvalue weighted by molar-refractivity contribution is 0.0511. The molecule has 0 saturated carbocycles. The average Bonchev–Trinajstić information content (AvgIpc) is 2.70. The van der Waals surface area contributed by atoms with Gasteiger partial charge in [0.25, 0.3) is 0 Å². The van der Waals surface area contributed by atoms with Gasteiger partial charge in [0.2, 0.25) is 0 Å². The molecule has 0 aromatic heterocycles. The Morgan fingerprint density at radius 1 is 0.935 bits per heavy atom. The molecule has 7 heteroatoms. The van der Waals surface area contributed by atoms with E-state index in [1.54, 1.807) is 11.8 Å². The number of amides is 1. The first-order valence-corrected chi connectivity index (χ1v) is 13.6. The molecular weight excluding hydrogens is 408 g/mol. The maximum absolute atomic E-state index is 11.9. The number of carbonyl (C=O) groups excluding carboxylic acids is 1. The van der Waals surface area contributed by atoms with Gasteiger partial charge in [-0.3, -0.25) is 0 Å². The zero-order valence-corrected chi connectivity index (χ0v) is 21.5. The highest BCUT2D eigenvalue weighted by atomic mass is 32.2. The fraction of sp³-hybridized carbons (Fsp3) is 0.958. The summed E-state index contributed by atoms with van der Waals surface area (Å²) in [7, 11) is 0. The predicted molar refractivity (Wildman–Crippen MR) is 135 cm³/mol. The summed E-state index contributed by atoms with van der Waals surface area (Å²) in [4.78, 5) is 14.7. The summed E-state index contributed by atoms with van der Waals surface area (Å²) in [5.41, 5.74) is 8.02. The summed E-state index contributed by atoms with van der Waals surface area (Å²) in [6.45, 7) is 8.02. The second-order valence-corrected chi connectivity index (χ2v) is 10.6. The van der Waals surface area contributed by atoms with E-state index in [0.717, 1.165) is 11.5 Å². The normalized spacial score (nSPS) is 12.3. The summed E-state index contributed by atoms with van der Waals surface area (Å²) in [5.74, 6) is 1.80. The van der Waals surface area contributed by atoms with Crippen LogP contribution >= 0.6 is 11.8 Å². The molecule has 0 fully saturated rings. The van der Waals surface area contributed by atoms with Crippen LogP contribution in [-0.4, -0.2) is 35.8 Å². The highest BCUT2D eigenvalue weighted by molar-refractivity contribution is 7.99. The maximum atomic E-state index is 11.9. The Labute approximate surface area is 195 Å². The fourth-order valence-corrected chi connectivity index (χ4v) is 4.42. The molecule has 0 aliphatic rings. The van der Waals surface area contributed by atoms with E-state index in [4.69, 9.17) is 10.3 Å². The molecule has 0 heterocycles. The van der Waals surface area contributed by atoms with Crippen LogP contribution in [0.15, 0.2) is 5.11 Å². The highest BCUT2D eigenvalue weighted by Gasteiger charge is 2.19. The summed E-state index contributed by atoms with van der Waals surface area (Å²) in [5, 5.41) is 6.42. The van der Waals surface area contributed by atoms with Crippen LogP contribution in [0.2, 0.25) is 0 Å². The van der Waals surface area contributed by atoms with Crippen molar-refractivity contribution in [2.24, 2.45) is 5.11 Å². The zero-order chi connectivity index (χ0) is 23.2. The minimum Gasteiger partial charge on any atom is -0.444 e. The number of azide groups is 1. The van der Waals surface area contributed by atoms with Crippen LogP contribution in [0.5, 0.6) is 0 Å². The third-order valence-electron chi connectivity index (χ3n) is 5.05. The number of thioether (sulfide) groups is 1. The van der Waals surface area contributed by atoms with E-state index in [0.29, 0.717) is 0 Å². The SMILES string of the molecule is CCCCCCCCCCCCCCCCSCC(CN=[N+]=[N-])NC(=O)OC(C)(C)C. The van der Waals surface area contributed by atoms with Gasteiger partial charge < -0.3 is 10.1 Å². The van der Waals surface area contributed by atoms with Crippen molar-refractivity contribution >= 4 is 17.9 Å². The topological polar surface area (TPSA) is 87.1 Å². The molecule has 0 spiro atoms. The van der Waals surface area contributed by atoms with Crippen molar-refractivity contribution in [2.45, 2.75) is 129 Å². The van der Waals surface area contributed by atoms with Crippen LogP contribution in [0.25, 0.3) is 10.4 Å². The van der Waals surface area contributed by atoms with E-state index in [-0.39, 0.29) is 12.6 Å². The molecule has 0 bridgehead atoms. The van der Waals surface area contributed by atoms with Crippen LogP contribution in [0.1, 0.15) is 118 Å². The molecule has 0 aromatic carbocycles. The molecule has 0 radical (unpaired) electrons. The van der Waals surface area contributed by atoms with Gasteiger partial charge in [0.1, 0.15) is 5.60 Å². The van der Waals surface area contributed by atoms with E-state index in [9.17, 15) is 4.79 Å². The third-order valence-corrected chi connectivity index (χ3v) is 6.26. The lowest BCUT2D eigenvalue weighted by Gasteiger charge is -2.22. The number of nitrogens with one attached hydrogen (secondary N) is 1. The Kier molecular flexibility index (Phi) is 20.1. The van der Waals surface area contributed by atoms with Crippen molar-refractivity contribution in [3.05, 3.63) is 10.4 Å². The Morgan fingerprint density at radius 2 is 1.42 bits per heavy atom. The van der Waals surface area contributed by atoms with Crippen molar-refractivity contribution in [1.82, 2.24) is 5.32 Å². The molecule has 0 rings (SSSR count). The number of carbonyl (C=O) groups is 1. The number of hydrogen-bond donors (Lipinski definition) is 1. The molecule has 1 N–H and O–H groups in total. The lowest BCUT2D eigenvalue weighted by Crippen LogP contribution is -2.42. The number of alkyl carbamates (subject to hydrolysis) is 1. The molecule has 1 unspecified atom stereocenters.